The molecule has 0 aliphatic carbocycles. The second-order valence-corrected chi connectivity index (χ2v) is 4.53. The highest BCUT2D eigenvalue weighted by Crippen LogP contribution is 2.28. The van der Waals surface area contributed by atoms with Crippen molar-refractivity contribution in [1.82, 2.24) is 0 Å². The lowest BCUT2D eigenvalue weighted by atomic mass is 10.1. The van der Waals surface area contributed by atoms with Gasteiger partial charge in [-0.2, -0.15) is 0 Å². The van der Waals surface area contributed by atoms with Crippen molar-refractivity contribution in [3.63, 3.8) is 0 Å². The first-order chi connectivity index (χ1) is 8.13. The van der Waals surface area contributed by atoms with E-state index in [1.165, 1.54) is 12.1 Å². The first kappa shape index (κ1) is 12.3. The van der Waals surface area contributed by atoms with Gasteiger partial charge in [0.15, 0.2) is 0 Å². The fourth-order valence-corrected chi connectivity index (χ4v) is 1.99. The van der Waals surface area contributed by atoms with E-state index in [4.69, 9.17) is 4.74 Å². The Morgan fingerprint density at radius 3 is 2.24 bits per heavy atom. The van der Waals surface area contributed by atoms with E-state index in [-0.39, 0.29) is 3.57 Å². The molecule has 0 aliphatic rings. The van der Waals surface area contributed by atoms with Crippen molar-refractivity contribution in [2.45, 2.75) is 0 Å². The van der Waals surface area contributed by atoms with Crippen LogP contribution in [0, 0.1) is 15.2 Å². The predicted molar refractivity (Wildman–Crippen MR) is 71.1 cm³/mol. The molecule has 0 N–H and O–H groups in total. The van der Waals surface area contributed by atoms with Gasteiger partial charge in [-0.3, -0.25) is 0 Å². The number of ether oxygens (including phenoxy) is 1. The molecular formula is C13H9F2IO. The highest BCUT2D eigenvalue weighted by molar-refractivity contribution is 14.1. The standard InChI is InChI=1S/C13H9F2IO/c1-17-9-4-2-8(3-5-9)10-6-7-11(14)13(16)12(10)15/h2-7H,1H3. The maximum absolute atomic E-state index is 13.9. The molecule has 88 valence electrons. The molecule has 2 aromatic rings. The molecule has 4 heteroatoms. The fourth-order valence-electron chi connectivity index (χ4n) is 1.52. The predicted octanol–water partition coefficient (Wildman–Crippen LogP) is 4.25. The zero-order valence-corrected chi connectivity index (χ0v) is 11.2. The van der Waals surface area contributed by atoms with E-state index >= 15 is 0 Å². The third-order valence-corrected chi connectivity index (χ3v) is 3.43. The van der Waals surface area contributed by atoms with E-state index in [0.717, 1.165) is 0 Å². The molecule has 0 atom stereocenters. The fraction of sp³-hybridized carbons (Fsp3) is 0.0769. The van der Waals surface area contributed by atoms with Crippen LogP contribution in [-0.4, -0.2) is 7.11 Å². The Labute approximate surface area is 112 Å². The maximum atomic E-state index is 13.9. The van der Waals surface area contributed by atoms with Gasteiger partial charge in [-0.25, -0.2) is 8.78 Å². The van der Waals surface area contributed by atoms with Crippen LogP contribution in [-0.2, 0) is 0 Å². The molecule has 1 nitrogen and oxygen atoms in total. The summed E-state index contributed by atoms with van der Waals surface area (Å²) in [5.41, 5.74) is 1.08. The molecule has 0 amide bonds. The third kappa shape index (κ3) is 2.41. The van der Waals surface area contributed by atoms with Crippen LogP contribution in [0.5, 0.6) is 5.75 Å². The van der Waals surface area contributed by atoms with Crippen molar-refractivity contribution < 1.29 is 13.5 Å². The van der Waals surface area contributed by atoms with E-state index in [1.807, 2.05) is 0 Å². The van der Waals surface area contributed by atoms with Crippen LogP contribution in [0.3, 0.4) is 0 Å². The Hall–Kier alpha value is -1.17. The first-order valence-corrected chi connectivity index (χ1v) is 5.99. The Morgan fingerprint density at radius 2 is 1.65 bits per heavy atom. The minimum absolute atomic E-state index is 0.0101. The number of hydrogen-bond acceptors (Lipinski definition) is 1. The summed E-state index contributed by atoms with van der Waals surface area (Å²) in [4.78, 5) is 0. The summed E-state index contributed by atoms with van der Waals surface area (Å²) in [5, 5.41) is 0. The number of benzene rings is 2. The van der Waals surface area contributed by atoms with E-state index < -0.39 is 11.6 Å². The van der Waals surface area contributed by atoms with Crippen molar-refractivity contribution in [1.29, 1.82) is 0 Å². The molecule has 0 heterocycles. The highest BCUT2D eigenvalue weighted by atomic mass is 127. The molecule has 0 spiro atoms. The van der Waals surface area contributed by atoms with Crippen molar-refractivity contribution in [2.24, 2.45) is 0 Å². The molecule has 0 bridgehead atoms. The van der Waals surface area contributed by atoms with Gasteiger partial charge in [0.2, 0.25) is 0 Å². The second kappa shape index (κ2) is 5.00. The lowest BCUT2D eigenvalue weighted by Crippen LogP contribution is -1.92. The van der Waals surface area contributed by atoms with Crippen LogP contribution in [0.2, 0.25) is 0 Å². The molecule has 2 rings (SSSR count). The quantitative estimate of drug-likeness (QED) is 0.584. The summed E-state index contributed by atoms with van der Waals surface area (Å²) >= 11 is 1.66. The first-order valence-electron chi connectivity index (χ1n) is 4.91. The van der Waals surface area contributed by atoms with Crippen molar-refractivity contribution in [3.05, 3.63) is 51.6 Å². The average Bonchev–Trinajstić information content (AvgIpc) is 2.36. The van der Waals surface area contributed by atoms with Crippen LogP contribution in [0.15, 0.2) is 36.4 Å². The van der Waals surface area contributed by atoms with E-state index in [9.17, 15) is 8.78 Å². The van der Waals surface area contributed by atoms with Crippen LogP contribution >= 0.6 is 22.6 Å². The molecule has 0 radical (unpaired) electrons. The van der Waals surface area contributed by atoms with Gasteiger partial charge in [-0.1, -0.05) is 12.1 Å². The summed E-state index contributed by atoms with van der Waals surface area (Å²) in [6.45, 7) is 0. The largest absolute Gasteiger partial charge is 0.497 e. The van der Waals surface area contributed by atoms with Crippen LogP contribution < -0.4 is 4.74 Å². The molecule has 2 aromatic carbocycles. The normalized spacial score (nSPS) is 10.4. The molecule has 0 aromatic heterocycles. The summed E-state index contributed by atoms with van der Waals surface area (Å²) < 4.78 is 32.0. The minimum Gasteiger partial charge on any atom is -0.497 e. The lowest BCUT2D eigenvalue weighted by Gasteiger charge is -2.07. The second-order valence-electron chi connectivity index (χ2n) is 3.45. The SMILES string of the molecule is COc1ccc(-c2ccc(F)c(I)c2F)cc1. The molecular weight excluding hydrogens is 337 g/mol. The van der Waals surface area contributed by atoms with Gasteiger partial charge in [0.1, 0.15) is 17.4 Å². The Balaban J connectivity index is 2.49. The summed E-state index contributed by atoms with van der Waals surface area (Å²) in [7, 11) is 1.57. The van der Waals surface area contributed by atoms with Gasteiger partial charge < -0.3 is 4.74 Å². The van der Waals surface area contributed by atoms with Crippen molar-refractivity contribution in [2.75, 3.05) is 7.11 Å². The Morgan fingerprint density at radius 1 is 1.00 bits per heavy atom. The Kier molecular flexibility index (Phi) is 3.61. The van der Waals surface area contributed by atoms with Gasteiger partial charge in [-0.15, -0.1) is 0 Å². The van der Waals surface area contributed by atoms with Crippen molar-refractivity contribution in [3.8, 4) is 16.9 Å². The minimum atomic E-state index is -0.541. The highest BCUT2D eigenvalue weighted by Gasteiger charge is 2.12. The van der Waals surface area contributed by atoms with Gasteiger partial charge in [0.05, 0.1) is 10.7 Å². The molecule has 0 fully saturated rings. The lowest BCUT2D eigenvalue weighted by molar-refractivity contribution is 0.415. The molecule has 0 saturated heterocycles. The third-order valence-electron chi connectivity index (χ3n) is 2.44. The smallest absolute Gasteiger partial charge is 0.147 e. The van der Waals surface area contributed by atoms with Crippen LogP contribution in [0.1, 0.15) is 0 Å². The van der Waals surface area contributed by atoms with Crippen LogP contribution in [0.4, 0.5) is 8.78 Å². The number of hydrogen-bond donors (Lipinski definition) is 0. The van der Waals surface area contributed by atoms with Gasteiger partial charge in [0, 0.05) is 5.56 Å². The molecule has 0 aliphatic heterocycles. The number of halogens is 3. The zero-order valence-electron chi connectivity index (χ0n) is 9.01. The molecule has 17 heavy (non-hydrogen) atoms. The summed E-state index contributed by atoms with van der Waals surface area (Å²) in [6, 6.07) is 9.67. The number of methoxy groups -OCH3 is 1. The van der Waals surface area contributed by atoms with E-state index in [1.54, 1.807) is 54.0 Å². The van der Waals surface area contributed by atoms with E-state index in [0.29, 0.717) is 16.9 Å². The average molecular weight is 346 g/mol. The van der Waals surface area contributed by atoms with Gasteiger partial charge >= 0.3 is 0 Å². The van der Waals surface area contributed by atoms with Gasteiger partial charge in [-0.05, 0) is 52.4 Å². The number of rotatable bonds is 2. The topological polar surface area (TPSA) is 9.23 Å². The van der Waals surface area contributed by atoms with Crippen LogP contribution in [0.25, 0.3) is 11.1 Å². The van der Waals surface area contributed by atoms with Gasteiger partial charge in [0.25, 0.3) is 0 Å². The summed E-state index contributed by atoms with van der Waals surface area (Å²) in [5.74, 6) is -0.373. The Bertz CT molecular complexity index is 538. The zero-order chi connectivity index (χ0) is 12.4. The summed E-state index contributed by atoms with van der Waals surface area (Å²) in [6.07, 6.45) is 0. The molecule has 0 saturated carbocycles. The monoisotopic (exact) mass is 346 g/mol. The van der Waals surface area contributed by atoms with Crippen molar-refractivity contribution >= 4 is 22.6 Å². The van der Waals surface area contributed by atoms with E-state index in [2.05, 4.69) is 0 Å². The molecule has 0 unspecified atom stereocenters. The maximum Gasteiger partial charge on any atom is 0.147 e.